The summed E-state index contributed by atoms with van der Waals surface area (Å²) in [5.41, 5.74) is 1.00. The van der Waals surface area contributed by atoms with Gasteiger partial charge in [-0.1, -0.05) is 5.21 Å². The van der Waals surface area contributed by atoms with Gasteiger partial charge in [-0.05, 0) is 47.1 Å². The van der Waals surface area contributed by atoms with E-state index in [4.69, 9.17) is 0 Å². The highest BCUT2D eigenvalue weighted by Gasteiger charge is 2.20. The van der Waals surface area contributed by atoms with Gasteiger partial charge in [-0.3, -0.25) is 4.68 Å². The molecule has 6 heteroatoms. The highest BCUT2D eigenvalue weighted by Crippen LogP contribution is 2.13. The Morgan fingerprint density at radius 3 is 2.84 bits per heavy atom. The molecule has 1 aliphatic rings. The Kier molecular flexibility index (Phi) is 5.30. The lowest BCUT2D eigenvalue weighted by Crippen LogP contribution is -2.42. The molecule has 2 rings (SSSR count). The van der Waals surface area contributed by atoms with Crippen LogP contribution in [-0.2, 0) is 13.1 Å². The van der Waals surface area contributed by atoms with Crippen molar-refractivity contribution in [2.75, 3.05) is 40.8 Å². The van der Waals surface area contributed by atoms with Crippen LogP contribution in [0.15, 0.2) is 6.20 Å². The molecule has 19 heavy (non-hydrogen) atoms. The van der Waals surface area contributed by atoms with E-state index in [2.05, 4.69) is 39.5 Å². The van der Waals surface area contributed by atoms with Gasteiger partial charge in [0.2, 0.25) is 0 Å². The van der Waals surface area contributed by atoms with Gasteiger partial charge in [0.05, 0.1) is 12.2 Å². The zero-order valence-corrected chi connectivity index (χ0v) is 12.3. The first kappa shape index (κ1) is 14.4. The molecule has 0 unspecified atom stereocenters. The van der Waals surface area contributed by atoms with Gasteiger partial charge in [-0.2, -0.15) is 0 Å². The zero-order valence-electron chi connectivity index (χ0n) is 12.3. The van der Waals surface area contributed by atoms with Gasteiger partial charge < -0.3 is 15.1 Å². The minimum Gasteiger partial charge on any atom is -0.314 e. The lowest BCUT2D eigenvalue weighted by Gasteiger charge is -2.35. The van der Waals surface area contributed by atoms with Gasteiger partial charge >= 0.3 is 0 Å². The van der Waals surface area contributed by atoms with Crippen LogP contribution in [0.4, 0.5) is 0 Å². The predicted octanol–water partition coefficient (Wildman–Crippen LogP) is 0.0235. The predicted molar refractivity (Wildman–Crippen MR) is 75.9 cm³/mol. The number of nitrogens with zero attached hydrogens (tertiary/aromatic N) is 5. The Morgan fingerprint density at radius 2 is 2.16 bits per heavy atom. The van der Waals surface area contributed by atoms with Gasteiger partial charge in [-0.25, -0.2) is 0 Å². The Balaban J connectivity index is 1.74. The second kappa shape index (κ2) is 6.98. The summed E-state index contributed by atoms with van der Waals surface area (Å²) in [6.45, 7) is 5.16. The molecule has 1 fully saturated rings. The third-order valence-electron chi connectivity index (χ3n) is 3.94. The van der Waals surface area contributed by atoms with Crippen LogP contribution in [0.1, 0.15) is 18.5 Å². The first-order chi connectivity index (χ1) is 9.19. The highest BCUT2D eigenvalue weighted by molar-refractivity contribution is 4.91. The molecule has 1 N–H and O–H groups in total. The van der Waals surface area contributed by atoms with Crippen LogP contribution in [0.3, 0.4) is 0 Å². The third kappa shape index (κ3) is 4.26. The molecule has 0 atom stereocenters. The maximum atomic E-state index is 4.16. The van der Waals surface area contributed by atoms with E-state index in [9.17, 15) is 0 Å². The molecule has 1 aliphatic heterocycles. The van der Waals surface area contributed by atoms with Crippen LogP contribution in [0.2, 0.25) is 0 Å². The normalized spacial score (nSPS) is 18.3. The van der Waals surface area contributed by atoms with Crippen molar-refractivity contribution in [3.8, 4) is 0 Å². The van der Waals surface area contributed by atoms with E-state index >= 15 is 0 Å². The summed E-state index contributed by atoms with van der Waals surface area (Å²) in [4.78, 5) is 4.87. The molecule has 1 aromatic rings. The fourth-order valence-corrected chi connectivity index (χ4v) is 2.59. The Morgan fingerprint density at radius 1 is 1.42 bits per heavy atom. The van der Waals surface area contributed by atoms with Crippen molar-refractivity contribution in [1.29, 1.82) is 0 Å². The monoisotopic (exact) mass is 266 g/mol. The highest BCUT2D eigenvalue weighted by atomic mass is 15.4. The quantitative estimate of drug-likeness (QED) is 0.787. The molecule has 0 radical (unpaired) electrons. The van der Waals surface area contributed by atoms with E-state index < -0.39 is 0 Å². The second-order valence-electron chi connectivity index (χ2n) is 5.52. The number of likely N-dealkylation sites (tertiary alicyclic amines) is 1. The van der Waals surface area contributed by atoms with E-state index in [1.54, 1.807) is 0 Å². The molecule has 0 saturated carbocycles. The van der Waals surface area contributed by atoms with Gasteiger partial charge in [0.25, 0.3) is 0 Å². The van der Waals surface area contributed by atoms with Crippen molar-refractivity contribution >= 4 is 0 Å². The lowest BCUT2D eigenvalue weighted by atomic mass is 10.0. The minimum absolute atomic E-state index is 0.719. The van der Waals surface area contributed by atoms with Crippen LogP contribution in [0, 0.1) is 0 Å². The Labute approximate surface area is 115 Å². The van der Waals surface area contributed by atoms with Gasteiger partial charge in [-0.15, -0.1) is 5.10 Å². The summed E-state index contributed by atoms with van der Waals surface area (Å²) < 4.78 is 1.94. The molecule has 1 saturated heterocycles. The fourth-order valence-electron chi connectivity index (χ4n) is 2.59. The standard InChI is InChI=1S/C13H26N6/c1-14-10-12-11-19(16-15-12)9-8-18(3)13-4-6-17(2)7-5-13/h11,13-14H,4-10H2,1-3H3. The van der Waals surface area contributed by atoms with Gasteiger partial charge in [0.15, 0.2) is 0 Å². The number of hydrogen-bond acceptors (Lipinski definition) is 5. The summed E-state index contributed by atoms with van der Waals surface area (Å²) in [6.07, 6.45) is 4.57. The number of rotatable bonds is 6. The maximum Gasteiger partial charge on any atom is 0.0964 e. The average Bonchev–Trinajstić information content (AvgIpc) is 2.85. The molecule has 0 aromatic carbocycles. The van der Waals surface area contributed by atoms with Crippen LogP contribution < -0.4 is 5.32 Å². The minimum atomic E-state index is 0.719. The number of piperidine rings is 1. The molecule has 1 aromatic heterocycles. The molecule has 108 valence electrons. The second-order valence-corrected chi connectivity index (χ2v) is 5.52. The van der Waals surface area contributed by atoms with Crippen LogP contribution in [-0.4, -0.2) is 71.6 Å². The summed E-state index contributed by atoms with van der Waals surface area (Å²) in [5.74, 6) is 0. The van der Waals surface area contributed by atoms with Crippen molar-refractivity contribution in [2.45, 2.75) is 32.0 Å². The topological polar surface area (TPSA) is 49.2 Å². The number of nitrogens with one attached hydrogen (secondary N) is 1. The largest absolute Gasteiger partial charge is 0.314 e. The summed E-state index contributed by atoms with van der Waals surface area (Å²) in [5, 5.41) is 11.4. The van der Waals surface area contributed by atoms with E-state index in [1.807, 2.05) is 17.9 Å². The Bertz CT molecular complexity index is 369. The molecular weight excluding hydrogens is 240 g/mol. The SMILES string of the molecule is CNCc1cn(CCN(C)C2CCN(C)CC2)nn1. The molecule has 0 spiro atoms. The van der Waals surface area contributed by atoms with E-state index in [-0.39, 0.29) is 0 Å². The maximum absolute atomic E-state index is 4.16. The van der Waals surface area contributed by atoms with Crippen molar-refractivity contribution in [1.82, 2.24) is 30.1 Å². The van der Waals surface area contributed by atoms with Crippen molar-refractivity contribution in [2.24, 2.45) is 0 Å². The van der Waals surface area contributed by atoms with Crippen LogP contribution in [0.25, 0.3) is 0 Å². The molecule has 0 aliphatic carbocycles. The van der Waals surface area contributed by atoms with Crippen molar-refractivity contribution < 1.29 is 0 Å². The van der Waals surface area contributed by atoms with E-state index in [1.165, 1.54) is 25.9 Å². The fraction of sp³-hybridized carbons (Fsp3) is 0.846. The zero-order chi connectivity index (χ0) is 13.7. The lowest BCUT2D eigenvalue weighted by molar-refractivity contribution is 0.140. The summed E-state index contributed by atoms with van der Waals surface area (Å²) >= 11 is 0. The van der Waals surface area contributed by atoms with Crippen LogP contribution in [0.5, 0.6) is 0 Å². The Hall–Kier alpha value is -0.980. The third-order valence-corrected chi connectivity index (χ3v) is 3.94. The van der Waals surface area contributed by atoms with E-state index in [0.29, 0.717) is 0 Å². The molecule has 0 amide bonds. The number of aromatic nitrogens is 3. The van der Waals surface area contributed by atoms with E-state index in [0.717, 1.165) is 31.4 Å². The van der Waals surface area contributed by atoms with Crippen LogP contribution >= 0.6 is 0 Å². The molecule has 6 nitrogen and oxygen atoms in total. The number of hydrogen-bond donors (Lipinski definition) is 1. The first-order valence-corrected chi connectivity index (χ1v) is 7.11. The molecular formula is C13H26N6. The first-order valence-electron chi connectivity index (χ1n) is 7.11. The smallest absolute Gasteiger partial charge is 0.0964 e. The molecule has 2 heterocycles. The van der Waals surface area contributed by atoms with Gasteiger partial charge in [0, 0.05) is 25.3 Å². The number of likely N-dealkylation sites (N-methyl/N-ethyl adjacent to an activating group) is 1. The summed E-state index contributed by atoms with van der Waals surface area (Å²) in [7, 11) is 6.35. The van der Waals surface area contributed by atoms with Crippen molar-refractivity contribution in [3.05, 3.63) is 11.9 Å². The van der Waals surface area contributed by atoms with Crippen molar-refractivity contribution in [3.63, 3.8) is 0 Å². The average molecular weight is 266 g/mol. The summed E-state index contributed by atoms with van der Waals surface area (Å²) in [6, 6.07) is 0.719. The molecule has 0 bridgehead atoms. The van der Waals surface area contributed by atoms with Gasteiger partial charge in [0.1, 0.15) is 0 Å².